The van der Waals surface area contributed by atoms with Gasteiger partial charge in [0, 0.05) is 39.0 Å². The minimum Gasteiger partial charge on any atom is -0.381 e. The SMILES string of the molecule is CNCc1ccc(N(C)CC2CCOCC2)cc1C. The fraction of sp³-hybridized carbons (Fsp3) is 0.625. The summed E-state index contributed by atoms with van der Waals surface area (Å²) in [6.07, 6.45) is 2.39. The lowest BCUT2D eigenvalue weighted by atomic mass is 9.99. The monoisotopic (exact) mass is 262 g/mol. The van der Waals surface area contributed by atoms with Gasteiger partial charge in [-0.1, -0.05) is 6.07 Å². The zero-order valence-corrected chi connectivity index (χ0v) is 12.4. The summed E-state index contributed by atoms with van der Waals surface area (Å²) in [6, 6.07) is 6.77. The summed E-state index contributed by atoms with van der Waals surface area (Å²) >= 11 is 0. The molecule has 1 aliphatic rings. The Morgan fingerprint density at radius 3 is 2.68 bits per heavy atom. The van der Waals surface area contributed by atoms with Gasteiger partial charge in [0.05, 0.1) is 0 Å². The summed E-state index contributed by atoms with van der Waals surface area (Å²) in [5.41, 5.74) is 4.07. The third-order valence-corrected chi connectivity index (χ3v) is 4.01. The van der Waals surface area contributed by atoms with Crippen LogP contribution < -0.4 is 10.2 Å². The highest BCUT2D eigenvalue weighted by molar-refractivity contribution is 5.50. The molecule has 3 heteroatoms. The molecule has 0 radical (unpaired) electrons. The third-order valence-electron chi connectivity index (χ3n) is 4.01. The molecule has 19 heavy (non-hydrogen) atoms. The summed E-state index contributed by atoms with van der Waals surface area (Å²) < 4.78 is 5.42. The van der Waals surface area contributed by atoms with Crippen LogP contribution >= 0.6 is 0 Å². The van der Waals surface area contributed by atoms with E-state index in [-0.39, 0.29) is 0 Å². The van der Waals surface area contributed by atoms with Crippen molar-refractivity contribution in [1.29, 1.82) is 0 Å². The van der Waals surface area contributed by atoms with Gasteiger partial charge in [0.25, 0.3) is 0 Å². The van der Waals surface area contributed by atoms with Crippen molar-refractivity contribution in [2.45, 2.75) is 26.3 Å². The number of hydrogen-bond donors (Lipinski definition) is 1. The highest BCUT2D eigenvalue weighted by Gasteiger charge is 2.16. The number of anilines is 1. The highest BCUT2D eigenvalue weighted by atomic mass is 16.5. The van der Waals surface area contributed by atoms with Gasteiger partial charge in [0.1, 0.15) is 0 Å². The van der Waals surface area contributed by atoms with Gasteiger partial charge >= 0.3 is 0 Å². The molecule has 0 aromatic heterocycles. The Labute approximate surface area is 116 Å². The van der Waals surface area contributed by atoms with Crippen LogP contribution in [0.1, 0.15) is 24.0 Å². The smallest absolute Gasteiger partial charge is 0.0469 e. The van der Waals surface area contributed by atoms with Crippen LogP contribution in [0.25, 0.3) is 0 Å². The molecule has 0 unspecified atom stereocenters. The molecule has 0 saturated carbocycles. The fourth-order valence-corrected chi connectivity index (χ4v) is 2.73. The normalized spacial score (nSPS) is 16.6. The first-order valence-electron chi connectivity index (χ1n) is 7.23. The molecule has 1 aromatic carbocycles. The van der Waals surface area contributed by atoms with Crippen LogP contribution in [0.15, 0.2) is 18.2 Å². The van der Waals surface area contributed by atoms with Gasteiger partial charge in [-0.2, -0.15) is 0 Å². The van der Waals surface area contributed by atoms with Crippen LogP contribution in [0.4, 0.5) is 5.69 Å². The second kappa shape index (κ2) is 6.92. The van der Waals surface area contributed by atoms with E-state index in [1.807, 2.05) is 7.05 Å². The molecule has 1 aromatic rings. The van der Waals surface area contributed by atoms with E-state index in [9.17, 15) is 0 Å². The number of ether oxygens (including phenoxy) is 1. The Morgan fingerprint density at radius 1 is 1.32 bits per heavy atom. The molecule has 1 saturated heterocycles. The number of nitrogens with one attached hydrogen (secondary N) is 1. The topological polar surface area (TPSA) is 24.5 Å². The molecule has 0 spiro atoms. The van der Waals surface area contributed by atoms with Gasteiger partial charge in [-0.15, -0.1) is 0 Å². The fourth-order valence-electron chi connectivity index (χ4n) is 2.73. The van der Waals surface area contributed by atoms with Crippen LogP contribution in [-0.2, 0) is 11.3 Å². The van der Waals surface area contributed by atoms with Gasteiger partial charge in [0.15, 0.2) is 0 Å². The van der Waals surface area contributed by atoms with Crippen LogP contribution in [0, 0.1) is 12.8 Å². The summed E-state index contributed by atoms with van der Waals surface area (Å²) in [5, 5.41) is 3.21. The molecule has 0 atom stereocenters. The van der Waals surface area contributed by atoms with Crippen LogP contribution in [0.5, 0.6) is 0 Å². The quantitative estimate of drug-likeness (QED) is 0.882. The highest BCUT2D eigenvalue weighted by Crippen LogP contribution is 2.22. The lowest BCUT2D eigenvalue weighted by Crippen LogP contribution is -2.29. The molecule has 2 rings (SSSR count). The van der Waals surface area contributed by atoms with E-state index in [1.54, 1.807) is 0 Å². The van der Waals surface area contributed by atoms with Crippen LogP contribution in [0.3, 0.4) is 0 Å². The van der Waals surface area contributed by atoms with E-state index < -0.39 is 0 Å². The molecular weight excluding hydrogens is 236 g/mol. The average molecular weight is 262 g/mol. The largest absolute Gasteiger partial charge is 0.381 e. The number of hydrogen-bond acceptors (Lipinski definition) is 3. The van der Waals surface area contributed by atoms with Crippen LogP contribution in [-0.4, -0.2) is 33.9 Å². The number of rotatable bonds is 5. The first-order valence-corrected chi connectivity index (χ1v) is 7.23. The molecule has 1 aliphatic heterocycles. The molecule has 1 N–H and O–H groups in total. The second-order valence-electron chi connectivity index (χ2n) is 5.58. The minimum atomic E-state index is 0.774. The molecular formula is C16H26N2O. The summed E-state index contributed by atoms with van der Waals surface area (Å²) in [6.45, 7) is 6.12. The van der Waals surface area contributed by atoms with Gasteiger partial charge < -0.3 is 15.0 Å². The van der Waals surface area contributed by atoms with E-state index in [2.05, 4.69) is 42.4 Å². The van der Waals surface area contributed by atoms with Crippen LogP contribution in [0.2, 0.25) is 0 Å². The molecule has 0 bridgehead atoms. The first kappa shape index (κ1) is 14.4. The first-order chi connectivity index (χ1) is 9.20. The lowest BCUT2D eigenvalue weighted by molar-refractivity contribution is 0.0685. The van der Waals surface area contributed by atoms with E-state index in [1.165, 1.54) is 29.7 Å². The summed E-state index contributed by atoms with van der Waals surface area (Å²) in [5.74, 6) is 0.774. The minimum absolute atomic E-state index is 0.774. The zero-order valence-electron chi connectivity index (χ0n) is 12.4. The standard InChI is InChI=1S/C16H26N2O/c1-13-10-16(5-4-15(13)11-17-2)18(3)12-14-6-8-19-9-7-14/h4-5,10,14,17H,6-9,11-12H2,1-3H3. The molecule has 0 aliphatic carbocycles. The van der Waals surface area contributed by atoms with E-state index in [0.717, 1.165) is 32.2 Å². The molecule has 1 heterocycles. The molecule has 106 valence electrons. The Balaban J connectivity index is 1.98. The van der Waals surface area contributed by atoms with Crippen molar-refractivity contribution in [2.75, 3.05) is 38.8 Å². The van der Waals surface area contributed by atoms with Gasteiger partial charge in [-0.05, 0) is 56.0 Å². The maximum atomic E-state index is 5.42. The molecule has 1 fully saturated rings. The van der Waals surface area contributed by atoms with Crippen molar-refractivity contribution >= 4 is 5.69 Å². The molecule has 0 amide bonds. The Morgan fingerprint density at radius 2 is 2.05 bits per heavy atom. The van der Waals surface area contributed by atoms with Crippen molar-refractivity contribution in [2.24, 2.45) is 5.92 Å². The van der Waals surface area contributed by atoms with E-state index in [4.69, 9.17) is 4.74 Å². The van der Waals surface area contributed by atoms with Gasteiger partial charge in [-0.25, -0.2) is 0 Å². The third kappa shape index (κ3) is 3.95. The van der Waals surface area contributed by atoms with Crippen molar-refractivity contribution < 1.29 is 4.74 Å². The van der Waals surface area contributed by atoms with E-state index in [0.29, 0.717) is 0 Å². The predicted molar refractivity (Wildman–Crippen MR) is 80.8 cm³/mol. The second-order valence-corrected chi connectivity index (χ2v) is 5.58. The number of aryl methyl sites for hydroxylation is 1. The lowest BCUT2D eigenvalue weighted by Gasteiger charge is -2.28. The maximum Gasteiger partial charge on any atom is 0.0469 e. The Bertz CT molecular complexity index is 400. The van der Waals surface area contributed by atoms with Gasteiger partial charge in [0.2, 0.25) is 0 Å². The van der Waals surface area contributed by atoms with Crippen molar-refractivity contribution in [3.63, 3.8) is 0 Å². The summed E-state index contributed by atoms with van der Waals surface area (Å²) in [7, 11) is 4.19. The van der Waals surface area contributed by atoms with Gasteiger partial charge in [-0.3, -0.25) is 0 Å². The number of nitrogens with zero attached hydrogens (tertiary/aromatic N) is 1. The summed E-state index contributed by atoms with van der Waals surface area (Å²) in [4.78, 5) is 2.38. The maximum absolute atomic E-state index is 5.42. The molecule has 3 nitrogen and oxygen atoms in total. The Hall–Kier alpha value is -1.06. The van der Waals surface area contributed by atoms with Crippen molar-refractivity contribution in [3.8, 4) is 0 Å². The average Bonchev–Trinajstić information content (AvgIpc) is 2.42. The van der Waals surface area contributed by atoms with Crippen molar-refractivity contribution in [1.82, 2.24) is 5.32 Å². The Kier molecular flexibility index (Phi) is 5.23. The van der Waals surface area contributed by atoms with E-state index >= 15 is 0 Å². The van der Waals surface area contributed by atoms with Crippen molar-refractivity contribution in [3.05, 3.63) is 29.3 Å². The predicted octanol–water partition coefficient (Wildman–Crippen LogP) is 2.58. The zero-order chi connectivity index (χ0) is 13.7. The number of benzene rings is 1.